The minimum atomic E-state index is -3.57. The summed E-state index contributed by atoms with van der Waals surface area (Å²) in [5.41, 5.74) is -0.309. The normalized spacial score (nSPS) is 20.9. The zero-order chi connectivity index (χ0) is 25.9. The van der Waals surface area contributed by atoms with Gasteiger partial charge in [0, 0.05) is 32.1 Å². The standard InChI is InChI=1S/C24H33F2N3O5S/c1-28-17-19(9-10-20(30)24(25,26)18-7-4-3-5-8-18)29(22(28)32)16-6-12-23(14-15-23)13-11-21(31)27-35(2,33)34/h3-5,7-10,19-20,30H,6,11-17H2,1-2H3,(H,27,31)/t19-,20?/m0/s1. The number of alkyl halides is 2. The Bertz CT molecular complexity index is 1040. The van der Waals surface area contributed by atoms with E-state index in [0.29, 0.717) is 25.9 Å². The predicted molar refractivity (Wildman–Crippen MR) is 127 cm³/mol. The van der Waals surface area contributed by atoms with Crippen LogP contribution < -0.4 is 4.72 Å². The molecule has 2 aliphatic rings. The molecule has 1 aliphatic carbocycles. The number of hydrogen-bond acceptors (Lipinski definition) is 5. The highest BCUT2D eigenvalue weighted by atomic mass is 32.2. The number of hydrogen-bond donors (Lipinski definition) is 2. The van der Waals surface area contributed by atoms with Gasteiger partial charge in [0.1, 0.15) is 6.10 Å². The summed E-state index contributed by atoms with van der Waals surface area (Å²) in [6.07, 6.45) is 5.45. The van der Waals surface area contributed by atoms with Crippen molar-refractivity contribution in [3.05, 3.63) is 48.0 Å². The summed E-state index contributed by atoms with van der Waals surface area (Å²) in [6, 6.07) is 6.46. The van der Waals surface area contributed by atoms with Crippen molar-refractivity contribution in [2.45, 2.75) is 56.6 Å². The van der Waals surface area contributed by atoms with Gasteiger partial charge in [-0.2, -0.15) is 8.78 Å². The first-order valence-corrected chi connectivity index (χ1v) is 13.5. The Kier molecular flexibility index (Phi) is 8.21. The van der Waals surface area contributed by atoms with Crippen LogP contribution in [0.25, 0.3) is 0 Å². The Labute approximate surface area is 205 Å². The summed E-state index contributed by atoms with van der Waals surface area (Å²) >= 11 is 0. The third-order valence-electron chi connectivity index (χ3n) is 6.72. The number of rotatable bonds is 12. The van der Waals surface area contributed by atoms with E-state index in [1.807, 2.05) is 4.72 Å². The summed E-state index contributed by atoms with van der Waals surface area (Å²) in [5.74, 6) is -3.98. The Balaban J connectivity index is 1.54. The molecule has 194 valence electrons. The summed E-state index contributed by atoms with van der Waals surface area (Å²) in [4.78, 5) is 27.5. The van der Waals surface area contributed by atoms with Gasteiger partial charge in [0.05, 0.1) is 12.3 Å². The monoisotopic (exact) mass is 513 g/mol. The van der Waals surface area contributed by atoms with E-state index in [2.05, 4.69) is 0 Å². The van der Waals surface area contributed by atoms with E-state index in [9.17, 15) is 31.9 Å². The third kappa shape index (κ3) is 7.23. The van der Waals surface area contributed by atoms with Crippen LogP contribution in [0.3, 0.4) is 0 Å². The molecule has 1 saturated carbocycles. The number of amides is 3. The van der Waals surface area contributed by atoms with E-state index in [0.717, 1.165) is 31.6 Å². The Hall–Kier alpha value is -2.53. The van der Waals surface area contributed by atoms with E-state index < -0.39 is 34.0 Å². The molecule has 8 nitrogen and oxygen atoms in total. The number of urea groups is 1. The molecule has 1 unspecified atom stereocenters. The van der Waals surface area contributed by atoms with Crippen LogP contribution in [0.1, 0.15) is 44.1 Å². The van der Waals surface area contributed by atoms with Crippen molar-refractivity contribution in [3.8, 4) is 0 Å². The van der Waals surface area contributed by atoms with E-state index in [1.54, 1.807) is 18.0 Å². The highest BCUT2D eigenvalue weighted by Crippen LogP contribution is 2.53. The van der Waals surface area contributed by atoms with Gasteiger partial charge in [0.25, 0.3) is 0 Å². The van der Waals surface area contributed by atoms with Crippen LogP contribution in [0.5, 0.6) is 0 Å². The Morgan fingerprint density at radius 2 is 1.94 bits per heavy atom. The number of aliphatic hydroxyl groups is 1. The smallest absolute Gasteiger partial charge is 0.320 e. The summed E-state index contributed by atoms with van der Waals surface area (Å²) in [6.45, 7) is 0.746. The van der Waals surface area contributed by atoms with Gasteiger partial charge in [-0.05, 0) is 37.5 Å². The van der Waals surface area contributed by atoms with Crippen LogP contribution >= 0.6 is 0 Å². The molecule has 2 fully saturated rings. The van der Waals surface area contributed by atoms with Crippen LogP contribution in [-0.4, -0.2) is 73.8 Å². The maximum absolute atomic E-state index is 14.6. The van der Waals surface area contributed by atoms with Gasteiger partial charge in [-0.15, -0.1) is 0 Å². The van der Waals surface area contributed by atoms with Gasteiger partial charge >= 0.3 is 12.0 Å². The number of carbonyl (C=O) groups excluding carboxylic acids is 2. The lowest BCUT2D eigenvalue weighted by molar-refractivity contribution is -0.119. The molecule has 0 radical (unpaired) electrons. The van der Waals surface area contributed by atoms with Crippen molar-refractivity contribution < 1.29 is 31.9 Å². The number of nitrogens with one attached hydrogen (secondary N) is 1. The lowest BCUT2D eigenvalue weighted by atomic mass is 9.94. The van der Waals surface area contributed by atoms with Crippen molar-refractivity contribution in [1.82, 2.24) is 14.5 Å². The van der Waals surface area contributed by atoms with Gasteiger partial charge in [-0.25, -0.2) is 13.2 Å². The number of nitrogens with zero attached hydrogens (tertiary/aromatic N) is 2. The van der Waals surface area contributed by atoms with Gasteiger partial charge in [-0.3, -0.25) is 9.52 Å². The lowest BCUT2D eigenvalue weighted by Crippen LogP contribution is -2.35. The largest absolute Gasteiger partial charge is 0.382 e. The number of aliphatic hydroxyl groups excluding tert-OH is 1. The number of halogens is 2. The second kappa shape index (κ2) is 10.6. The van der Waals surface area contributed by atoms with Gasteiger partial charge < -0.3 is 14.9 Å². The van der Waals surface area contributed by atoms with Gasteiger partial charge in [0.15, 0.2) is 0 Å². The van der Waals surface area contributed by atoms with E-state index >= 15 is 0 Å². The number of likely N-dealkylation sites (N-methyl/N-ethyl adjacent to an activating group) is 1. The molecule has 3 rings (SSSR count). The second-order valence-electron chi connectivity index (χ2n) is 9.64. The maximum atomic E-state index is 14.6. The van der Waals surface area contributed by atoms with E-state index in [4.69, 9.17) is 0 Å². The number of carbonyl (C=O) groups is 2. The maximum Gasteiger partial charge on any atom is 0.320 e. The van der Waals surface area contributed by atoms with Crippen molar-refractivity contribution >= 4 is 22.0 Å². The third-order valence-corrected chi connectivity index (χ3v) is 7.32. The summed E-state index contributed by atoms with van der Waals surface area (Å²) < 4.78 is 53.5. The molecule has 11 heteroatoms. The van der Waals surface area contributed by atoms with Crippen LogP contribution in [-0.2, 0) is 20.7 Å². The molecule has 1 aromatic carbocycles. The number of benzene rings is 1. The predicted octanol–water partition coefficient (Wildman–Crippen LogP) is 2.85. The Morgan fingerprint density at radius 3 is 2.54 bits per heavy atom. The van der Waals surface area contributed by atoms with Crippen molar-refractivity contribution in [2.75, 3.05) is 26.4 Å². The molecular formula is C24H33F2N3O5S. The molecule has 35 heavy (non-hydrogen) atoms. The van der Waals surface area contributed by atoms with Gasteiger partial charge in [0.2, 0.25) is 15.9 Å². The molecule has 0 aromatic heterocycles. The zero-order valence-corrected chi connectivity index (χ0v) is 20.8. The quantitative estimate of drug-likeness (QED) is 0.418. The fourth-order valence-corrected chi connectivity index (χ4v) is 5.01. The van der Waals surface area contributed by atoms with Crippen molar-refractivity contribution in [3.63, 3.8) is 0 Å². The van der Waals surface area contributed by atoms with Crippen LogP contribution in [0.15, 0.2) is 42.5 Å². The topological polar surface area (TPSA) is 107 Å². The van der Waals surface area contributed by atoms with Crippen molar-refractivity contribution in [2.24, 2.45) is 5.41 Å². The fourth-order valence-electron chi connectivity index (χ4n) is 4.49. The minimum absolute atomic E-state index is 0.0250. The Morgan fingerprint density at radius 1 is 1.29 bits per heavy atom. The van der Waals surface area contributed by atoms with E-state index in [-0.39, 0.29) is 23.4 Å². The average molecular weight is 514 g/mol. The van der Waals surface area contributed by atoms with Gasteiger partial charge in [-0.1, -0.05) is 42.5 Å². The number of sulfonamides is 1. The molecule has 1 aliphatic heterocycles. The lowest BCUT2D eigenvalue weighted by Gasteiger charge is -2.24. The minimum Gasteiger partial charge on any atom is -0.382 e. The molecule has 2 atom stereocenters. The van der Waals surface area contributed by atoms with E-state index in [1.165, 1.54) is 35.2 Å². The fraction of sp³-hybridized carbons (Fsp3) is 0.583. The first-order chi connectivity index (χ1) is 16.3. The molecule has 0 spiro atoms. The molecule has 1 aromatic rings. The zero-order valence-electron chi connectivity index (χ0n) is 20.0. The summed E-state index contributed by atoms with van der Waals surface area (Å²) in [7, 11) is -1.93. The van der Waals surface area contributed by atoms with Crippen LogP contribution in [0, 0.1) is 5.41 Å². The van der Waals surface area contributed by atoms with Crippen LogP contribution in [0.2, 0.25) is 0 Å². The SMILES string of the molecule is CN1C[C@H](C=CC(O)C(F)(F)c2ccccc2)N(CCCC2(CCC(=O)NS(C)(=O)=O)CC2)C1=O. The molecule has 0 bridgehead atoms. The van der Waals surface area contributed by atoms with Crippen LogP contribution in [0.4, 0.5) is 13.6 Å². The second-order valence-corrected chi connectivity index (χ2v) is 11.4. The highest BCUT2D eigenvalue weighted by Gasteiger charge is 2.43. The molecule has 1 saturated heterocycles. The molecular weight excluding hydrogens is 480 g/mol. The average Bonchev–Trinajstić information content (AvgIpc) is 3.51. The summed E-state index contributed by atoms with van der Waals surface area (Å²) in [5, 5.41) is 10.2. The first-order valence-electron chi connectivity index (χ1n) is 11.7. The highest BCUT2D eigenvalue weighted by molar-refractivity contribution is 7.89. The molecule has 1 heterocycles. The van der Waals surface area contributed by atoms with Crippen molar-refractivity contribution in [1.29, 1.82) is 0 Å². The molecule has 2 N–H and O–H groups in total. The first kappa shape index (κ1) is 27.1. The molecule has 3 amide bonds.